The topological polar surface area (TPSA) is 110 Å². The molecule has 2 aromatic rings. The molecular formula is C22H17I2NO7S. The maximum Gasteiger partial charge on any atom is 0.335 e. The molecule has 33 heavy (non-hydrogen) atoms. The van der Waals surface area contributed by atoms with E-state index in [1.807, 2.05) is 12.1 Å². The van der Waals surface area contributed by atoms with E-state index in [0.717, 1.165) is 29.4 Å². The number of rotatable bonds is 7. The van der Waals surface area contributed by atoms with E-state index in [9.17, 15) is 19.2 Å². The highest BCUT2D eigenvalue weighted by atomic mass is 127. The van der Waals surface area contributed by atoms with E-state index in [2.05, 4.69) is 49.9 Å². The average Bonchev–Trinajstić information content (AvgIpc) is 3.05. The van der Waals surface area contributed by atoms with Gasteiger partial charge in [-0.25, -0.2) is 9.59 Å². The van der Waals surface area contributed by atoms with Crippen LogP contribution >= 0.6 is 56.9 Å². The van der Waals surface area contributed by atoms with Crippen LogP contribution in [0.4, 0.5) is 4.79 Å². The second-order valence-electron chi connectivity index (χ2n) is 6.86. The van der Waals surface area contributed by atoms with Gasteiger partial charge in [0, 0.05) is 0 Å². The summed E-state index contributed by atoms with van der Waals surface area (Å²) in [6, 6.07) is 9.08. The molecule has 172 valence electrons. The lowest BCUT2D eigenvalue weighted by atomic mass is 10.1. The summed E-state index contributed by atoms with van der Waals surface area (Å²) < 4.78 is 12.2. The van der Waals surface area contributed by atoms with Crippen molar-refractivity contribution in [3.8, 4) is 5.75 Å². The van der Waals surface area contributed by atoms with E-state index in [4.69, 9.17) is 9.84 Å². The van der Waals surface area contributed by atoms with Gasteiger partial charge < -0.3 is 14.6 Å². The highest BCUT2D eigenvalue weighted by Crippen LogP contribution is 2.36. The number of ether oxygens (including phenoxy) is 2. The minimum atomic E-state index is -1.01. The second-order valence-corrected chi connectivity index (χ2v) is 10.2. The van der Waals surface area contributed by atoms with E-state index >= 15 is 0 Å². The Bertz CT molecular complexity index is 1140. The van der Waals surface area contributed by atoms with Crippen LogP contribution in [0.15, 0.2) is 41.3 Å². The van der Waals surface area contributed by atoms with Gasteiger partial charge in [-0.3, -0.25) is 14.5 Å². The Labute approximate surface area is 221 Å². The molecule has 0 radical (unpaired) electrons. The number of hydrogen-bond donors (Lipinski definition) is 1. The maximum atomic E-state index is 12.7. The van der Waals surface area contributed by atoms with Gasteiger partial charge in [-0.05, 0) is 105 Å². The summed E-state index contributed by atoms with van der Waals surface area (Å²) in [7, 11) is 1.20. The molecule has 1 fully saturated rings. The highest BCUT2D eigenvalue weighted by molar-refractivity contribution is 14.1. The molecule has 1 aliphatic rings. The standard InChI is InChI=1S/C22H17I2NO7S/c1-11(21(29)31-2)25-19(26)17(33-22(25)30)9-13-7-15(23)18(16(24)8-13)32-10-12-3-5-14(6-4-12)20(27)28/h3-9,11H,10H2,1-2H3,(H,27,28)/b17-9+/t11-/m0/s1. The Morgan fingerprint density at radius 1 is 1.15 bits per heavy atom. The predicted molar refractivity (Wildman–Crippen MR) is 139 cm³/mol. The fraction of sp³-hybridized carbons (Fsp3) is 0.182. The van der Waals surface area contributed by atoms with Crippen molar-refractivity contribution in [2.24, 2.45) is 0 Å². The SMILES string of the molecule is COC(=O)[C@H](C)N1C(=O)S/C(=C/c2cc(I)c(OCc3ccc(C(=O)O)cc3)c(I)c2)C1=O. The lowest BCUT2D eigenvalue weighted by molar-refractivity contribution is -0.148. The molecule has 0 aliphatic carbocycles. The zero-order valence-electron chi connectivity index (χ0n) is 17.3. The van der Waals surface area contributed by atoms with Crippen molar-refractivity contribution in [2.75, 3.05) is 7.11 Å². The third-order valence-electron chi connectivity index (χ3n) is 4.66. The summed E-state index contributed by atoms with van der Waals surface area (Å²) in [6.45, 7) is 1.70. The first kappa shape index (κ1) is 25.5. The molecule has 3 rings (SSSR count). The summed E-state index contributed by atoms with van der Waals surface area (Å²) in [5.41, 5.74) is 1.74. The largest absolute Gasteiger partial charge is 0.487 e. The van der Waals surface area contributed by atoms with Crippen LogP contribution < -0.4 is 4.74 Å². The normalized spacial score (nSPS) is 15.6. The number of halogens is 2. The second kappa shape index (κ2) is 10.9. The fourth-order valence-corrected chi connectivity index (χ4v) is 5.98. The van der Waals surface area contributed by atoms with Crippen molar-refractivity contribution >= 4 is 86.1 Å². The first-order valence-corrected chi connectivity index (χ1v) is 12.4. The first-order valence-electron chi connectivity index (χ1n) is 9.41. The van der Waals surface area contributed by atoms with Crippen molar-refractivity contribution in [3.05, 3.63) is 65.1 Å². The molecular weight excluding hydrogens is 676 g/mol. The Kier molecular flexibility index (Phi) is 8.39. The van der Waals surface area contributed by atoms with Crippen LogP contribution in [0.2, 0.25) is 0 Å². The lowest BCUT2D eigenvalue weighted by Gasteiger charge is -2.18. The zero-order valence-corrected chi connectivity index (χ0v) is 22.5. The van der Waals surface area contributed by atoms with Gasteiger partial charge in [-0.1, -0.05) is 12.1 Å². The molecule has 0 unspecified atom stereocenters. The molecule has 8 nitrogen and oxygen atoms in total. The Hall–Kier alpha value is -2.13. The highest BCUT2D eigenvalue weighted by Gasteiger charge is 2.41. The number of aromatic carboxylic acids is 1. The number of carbonyl (C=O) groups is 4. The molecule has 11 heteroatoms. The third-order valence-corrected chi connectivity index (χ3v) is 7.14. The van der Waals surface area contributed by atoms with Gasteiger partial charge in [-0.15, -0.1) is 0 Å². The minimum Gasteiger partial charge on any atom is -0.487 e. The van der Waals surface area contributed by atoms with Gasteiger partial charge in [0.1, 0.15) is 18.4 Å². The molecule has 0 aromatic heterocycles. The van der Waals surface area contributed by atoms with Gasteiger partial charge in [0.2, 0.25) is 0 Å². The molecule has 0 saturated carbocycles. The number of carboxylic acids is 1. The van der Waals surface area contributed by atoms with Crippen molar-refractivity contribution in [1.82, 2.24) is 4.90 Å². The molecule has 1 N–H and O–H groups in total. The van der Waals surface area contributed by atoms with Gasteiger partial charge >= 0.3 is 11.9 Å². The van der Waals surface area contributed by atoms with Crippen LogP contribution in [0.5, 0.6) is 5.75 Å². The molecule has 1 atom stereocenters. The van der Waals surface area contributed by atoms with Crippen LogP contribution in [-0.2, 0) is 20.9 Å². The van der Waals surface area contributed by atoms with Crippen molar-refractivity contribution in [3.63, 3.8) is 0 Å². The number of carboxylic acid groups (broad SMARTS) is 1. The first-order chi connectivity index (χ1) is 15.6. The number of carbonyl (C=O) groups excluding carboxylic acids is 3. The summed E-state index contributed by atoms with van der Waals surface area (Å²) in [4.78, 5) is 48.8. The van der Waals surface area contributed by atoms with Crippen LogP contribution in [0.25, 0.3) is 6.08 Å². The molecule has 2 amide bonds. The number of hydrogen-bond acceptors (Lipinski definition) is 7. The van der Waals surface area contributed by atoms with E-state index < -0.39 is 29.1 Å². The van der Waals surface area contributed by atoms with Gasteiger partial charge in [0.15, 0.2) is 0 Å². The van der Waals surface area contributed by atoms with Gasteiger partial charge in [-0.2, -0.15) is 0 Å². The van der Waals surface area contributed by atoms with E-state index in [1.165, 1.54) is 26.2 Å². The molecule has 0 bridgehead atoms. The number of thioether (sulfide) groups is 1. The summed E-state index contributed by atoms with van der Waals surface area (Å²) in [6.07, 6.45) is 1.60. The summed E-state index contributed by atoms with van der Waals surface area (Å²) in [5, 5.41) is 8.46. The Balaban J connectivity index is 1.76. The summed E-state index contributed by atoms with van der Waals surface area (Å²) in [5.74, 6) is -1.54. The molecule has 0 spiro atoms. The fourth-order valence-electron chi connectivity index (χ4n) is 2.94. The van der Waals surface area contributed by atoms with Crippen LogP contribution in [-0.4, -0.2) is 46.2 Å². The van der Waals surface area contributed by atoms with Crippen molar-refractivity contribution < 1.29 is 33.8 Å². The average molecular weight is 693 g/mol. The molecule has 1 heterocycles. The monoisotopic (exact) mass is 693 g/mol. The number of methoxy groups -OCH3 is 1. The predicted octanol–water partition coefficient (Wildman–Crippen LogP) is 4.77. The zero-order chi connectivity index (χ0) is 24.3. The van der Waals surface area contributed by atoms with E-state index in [1.54, 1.807) is 18.2 Å². The number of benzene rings is 2. The molecule has 1 saturated heterocycles. The molecule has 1 aliphatic heterocycles. The van der Waals surface area contributed by atoms with Crippen molar-refractivity contribution in [1.29, 1.82) is 0 Å². The number of imide groups is 1. The Morgan fingerprint density at radius 2 is 1.76 bits per heavy atom. The number of amides is 2. The molecule has 2 aromatic carbocycles. The van der Waals surface area contributed by atoms with Crippen LogP contribution in [0, 0.1) is 7.14 Å². The van der Waals surface area contributed by atoms with Gasteiger partial charge in [0.25, 0.3) is 11.1 Å². The smallest absolute Gasteiger partial charge is 0.335 e. The Morgan fingerprint density at radius 3 is 2.30 bits per heavy atom. The number of nitrogens with zero attached hydrogens (tertiary/aromatic N) is 1. The minimum absolute atomic E-state index is 0.206. The van der Waals surface area contributed by atoms with Crippen LogP contribution in [0.3, 0.4) is 0 Å². The van der Waals surface area contributed by atoms with E-state index in [0.29, 0.717) is 11.3 Å². The van der Waals surface area contributed by atoms with Gasteiger partial charge in [0.05, 0.1) is 24.7 Å². The van der Waals surface area contributed by atoms with Crippen LogP contribution in [0.1, 0.15) is 28.4 Å². The quantitative estimate of drug-likeness (QED) is 0.251. The van der Waals surface area contributed by atoms with Crippen molar-refractivity contribution in [2.45, 2.75) is 19.6 Å². The lowest BCUT2D eigenvalue weighted by Crippen LogP contribution is -2.42. The number of esters is 1. The summed E-state index contributed by atoms with van der Waals surface area (Å²) >= 11 is 5.02. The maximum absolute atomic E-state index is 12.7. The van der Waals surface area contributed by atoms with E-state index in [-0.39, 0.29) is 17.1 Å². The third kappa shape index (κ3) is 5.87.